The topological polar surface area (TPSA) is 12.0 Å². The lowest BCUT2D eigenvalue weighted by atomic mass is 10.1. The van der Waals surface area contributed by atoms with Crippen LogP contribution in [0.2, 0.25) is 0 Å². The summed E-state index contributed by atoms with van der Waals surface area (Å²) in [5.74, 6) is 2.30. The molecule has 2 unspecified atom stereocenters. The van der Waals surface area contributed by atoms with Crippen LogP contribution in [0.15, 0.2) is 0 Å². The molecule has 14 heavy (non-hydrogen) atoms. The van der Waals surface area contributed by atoms with E-state index < -0.39 is 0 Å². The first kappa shape index (κ1) is 14.2. The van der Waals surface area contributed by atoms with Gasteiger partial charge in [-0.25, -0.2) is 0 Å². The minimum absolute atomic E-state index is 0.673. The smallest absolute Gasteiger partial charge is 0.0249 e. The molecule has 0 amide bonds. The molecule has 0 spiro atoms. The van der Waals surface area contributed by atoms with Gasteiger partial charge in [0.2, 0.25) is 0 Å². The summed E-state index contributed by atoms with van der Waals surface area (Å²) in [4.78, 5) is 0. The van der Waals surface area contributed by atoms with Gasteiger partial charge in [-0.1, -0.05) is 27.2 Å². The number of hydrogen-bond donors (Lipinski definition) is 1. The van der Waals surface area contributed by atoms with Crippen LogP contribution in [-0.2, 0) is 0 Å². The Bertz CT molecular complexity index is 117. The van der Waals surface area contributed by atoms with Crippen LogP contribution in [0.5, 0.6) is 0 Å². The first-order chi connectivity index (χ1) is 6.70. The molecule has 0 rings (SSSR count). The minimum Gasteiger partial charge on any atom is -0.316 e. The molecule has 0 radical (unpaired) electrons. The van der Waals surface area contributed by atoms with Gasteiger partial charge in [-0.3, -0.25) is 0 Å². The highest BCUT2D eigenvalue weighted by Gasteiger charge is 2.01. The zero-order valence-corrected chi connectivity index (χ0v) is 10.7. The molecule has 0 saturated carbocycles. The highest BCUT2D eigenvalue weighted by molar-refractivity contribution is 6.18. The van der Waals surface area contributed by atoms with E-state index in [0.717, 1.165) is 18.3 Å². The Hall–Kier alpha value is 0.250. The van der Waals surface area contributed by atoms with Crippen LogP contribution in [0.1, 0.15) is 46.5 Å². The second-order valence-electron chi connectivity index (χ2n) is 4.50. The quantitative estimate of drug-likeness (QED) is 0.461. The third-order valence-electron chi connectivity index (χ3n) is 2.59. The highest BCUT2D eigenvalue weighted by atomic mass is 35.5. The van der Waals surface area contributed by atoms with Crippen molar-refractivity contribution in [3.8, 4) is 0 Å². The van der Waals surface area contributed by atoms with Crippen molar-refractivity contribution in [3.63, 3.8) is 0 Å². The van der Waals surface area contributed by atoms with Gasteiger partial charge in [-0.15, -0.1) is 11.6 Å². The van der Waals surface area contributed by atoms with E-state index in [0.29, 0.717) is 5.92 Å². The molecule has 0 aliphatic rings. The Morgan fingerprint density at radius 3 is 2.43 bits per heavy atom. The van der Waals surface area contributed by atoms with Gasteiger partial charge in [-0.2, -0.15) is 0 Å². The predicted octanol–water partition coefficient (Wildman–Crippen LogP) is 3.67. The van der Waals surface area contributed by atoms with Gasteiger partial charge >= 0.3 is 0 Å². The number of alkyl halides is 1. The average Bonchev–Trinajstić information content (AvgIpc) is 2.17. The SMILES string of the molecule is CCCC(C)CNCCCC(C)CCl. The van der Waals surface area contributed by atoms with Crippen LogP contribution in [0.25, 0.3) is 0 Å². The fourth-order valence-electron chi connectivity index (χ4n) is 1.60. The van der Waals surface area contributed by atoms with Gasteiger partial charge in [0.15, 0.2) is 0 Å². The van der Waals surface area contributed by atoms with E-state index in [2.05, 4.69) is 26.1 Å². The van der Waals surface area contributed by atoms with Crippen molar-refractivity contribution in [1.29, 1.82) is 0 Å². The van der Waals surface area contributed by atoms with Crippen molar-refractivity contribution in [2.75, 3.05) is 19.0 Å². The summed E-state index contributed by atoms with van der Waals surface area (Å²) in [6, 6.07) is 0. The third kappa shape index (κ3) is 8.83. The molecule has 2 heteroatoms. The van der Waals surface area contributed by atoms with E-state index >= 15 is 0 Å². The summed E-state index contributed by atoms with van der Waals surface area (Å²) < 4.78 is 0. The van der Waals surface area contributed by atoms with E-state index in [1.165, 1.54) is 32.2 Å². The van der Waals surface area contributed by atoms with Gasteiger partial charge in [0, 0.05) is 5.88 Å². The Kier molecular flexibility index (Phi) is 9.97. The van der Waals surface area contributed by atoms with Crippen LogP contribution < -0.4 is 5.32 Å². The first-order valence-corrected chi connectivity index (χ1v) is 6.50. The van der Waals surface area contributed by atoms with Crippen molar-refractivity contribution in [2.24, 2.45) is 11.8 Å². The average molecular weight is 220 g/mol. The number of rotatable bonds is 9. The molecule has 1 nitrogen and oxygen atoms in total. The lowest BCUT2D eigenvalue weighted by molar-refractivity contribution is 0.458. The van der Waals surface area contributed by atoms with Crippen molar-refractivity contribution >= 4 is 11.6 Å². The standard InChI is InChI=1S/C12H26ClN/c1-4-6-12(3)10-14-8-5-7-11(2)9-13/h11-12,14H,4-10H2,1-3H3. The fraction of sp³-hybridized carbons (Fsp3) is 1.00. The zero-order chi connectivity index (χ0) is 10.8. The number of hydrogen-bond acceptors (Lipinski definition) is 1. The Balaban J connectivity index is 3.13. The summed E-state index contributed by atoms with van der Waals surface area (Å²) in [5.41, 5.74) is 0. The van der Waals surface area contributed by atoms with Crippen molar-refractivity contribution in [1.82, 2.24) is 5.32 Å². The van der Waals surface area contributed by atoms with E-state index in [1.54, 1.807) is 0 Å². The van der Waals surface area contributed by atoms with Gasteiger partial charge < -0.3 is 5.32 Å². The molecule has 86 valence electrons. The molecule has 0 heterocycles. The van der Waals surface area contributed by atoms with Crippen LogP contribution in [0.3, 0.4) is 0 Å². The van der Waals surface area contributed by atoms with Crippen LogP contribution >= 0.6 is 11.6 Å². The molecule has 0 aliphatic carbocycles. The number of halogens is 1. The van der Waals surface area contributed by atoms with Gasteiger partial charge in [-0.05, 0) is 44.2 Å². The lowest BCUT2D eigenvalue weighted by Crippen LogP contribution is -2.22. The van der Waals surface area contributed by atoms with E-state index in [4.69, 9.17) is 11.6 Å². The van der Waals surface area contributed by atoms with Crippen LogP contribution in [-0.4, -0.2) is 19.0 Å². The molecular formula is C12H26ClN. The molecule has 0 aromatic rings. The van der Waals surface area contributed by atoms with Gasteiger partial charge in [0.25, 0.3) is 0 Å². The van der Waals surface area contributed by atoms with E-state index in [9.17, 15) is 0 Å². The second-order valence-corrected chi connectivity index (χ2v) is 4.81. The Morgan fingerprint density at radius 1 is 1.14 bits per heavy atom. The summed E-state index contributed by atoms with van der Waals surface area (Å²) in [6.45, 7) is 9.10. The monoisotopic (exact) mass is 219 g/mol. The first-order valence-electron chi connectivity index (χ1n) is 5.97. The van der Waals surface area contributed by atoms with E-state index in [1.807, 2.05) is 0 Å². The second kappa shape index (κ2) is 9.79. The molecule has 0 saturated heterocycles. The fourth-order valence-corrected chi connectivity index (χ4v) is 1.75. The number of nitrogens with one attached hydrogen (secondary N) is 1. The maximum absolute atomic E-state index is 5.74. The molecule has 0 fully saturated rings. The summed E-state index contributed by atoms with van der Waals surface area (Å²) in [7, 11) is 0. The third-order valence-corrected chi connectivity index (χ3v) is 3.11. The Labute approximate surface area is 94.6 Å². The minimum atomic E-state index is 0.673. The van der Waals surface area contributed by atoms with Crippen LogP contribution in [0, 0.1) is 11.8 Å². The summed E-state index contributed by atoms with van der Waals surface area (Å²) >= 11 is 5.74. The maximum atomic E-state index is 5.74. The van der Waals surface area contributed by atoms with Crippen molar-refractivity contribution in [3.05, 3.63) is 0 Å². The molecule has 1 N–H and O–H groups in total. The molecule has 2 atom stereocenters. The highest BCUT2D eigenvalue weighted by Crippen LogP contribution is 2.06. The largest absolute Gasteiger partial charge is 0.316 e. The van der Waals surface area contributed by atoms with Crippen molar-refractivity contribution < 1.29 is 0 Å². The van der Waals surface area contributed by atoms with Gasteiger partial charge in [0.05, 0.1) is 0 Å². The van der Waals surface area contributed by atoms with Crippen LogP contribution in [0.4, 0.5) is 0 Å². The van der Waals surface area contributed by atoms with Gasteiger partial charge in [0.1, 0.15) is 0 Å². The Morgan fingerprint density at radius 2 is 1.86 bits per heavy atom. The maximum Gasteiger partial charge on any atom is 0.0249 e. The molecular weight excluding hydrogens is 194 g/mol. The normalized spacial score (nSPS) is 15.4. The lowest BCUT2D eigenvalue weighted by Gasteiger charge is -2.12. The summed E-state index contributed by atoms with van der Waals surface area (Å²) in [6.07, 6.45) is 5.14. The molecule has 0 aromatic heterocycles. The molecule has 0 aromatic carbocycles. The molecule has 0 aliphatic heterocycles. The predicted molar refractivity (Wildman–Crippen MR) is 66.1 cm³/mol. The molecule has 0 bridgehead atoms. The summed E-state index contributed by atoms with van der Waals surface area (Å²) in [5, 5.41) is 3.51. The zero-order valence-electron chi connectivity index (χ0n) is 9.98. The van der Waals surface area contributed by atoms with E-state index in [-0.39, 0.29) is 0 Å². The van der Waals surface area contributed by atoms with Crippen molar-refractivity contribution in [2.45, 2.75) is 46.5 Å².